The average Bonchev–Trinajstić information content (AvgIpc) is 3.45. The summed E-state index contributed by atoms with van der Waals surface area (Å²) in [5.74, 6) is -1.74. The molecule has 136 valence electrons. The molecule has 2 aliphatic rings. The highest BCUT2D eigenvalue weighted by Crippen LogP contribution is 2.70. The van der Waals surface area contributed by atoms with Gasteiger partial charge in [-0.25, -0.2) is 9.48 Å². The van der Waals surface area contributed by atoms with E-state index in [1.807, 2.05) is 0 Å². The molecule has 9 heteroatoms. The van der Waals surface area contributed by atoms with Crippen molar-refractivity contribution in [1.29, 1.82) is 0 Å². The molecule has 0 radical (unpaired) electrons. The predicted molar refractivity (Wildman–Crippen MR) is 83.9 cm³/mol. The standard InChI is InChI=1S/C17H14F3N3O3/c18-17(19,20)13-11(15(25)26)8-21-23(13)10-3-1-9(2-4-10)22-14(24)12-7-16(12)5-6-16/h1-4,8,12H,5-7H2,(H,22,24)(H,25,26). The molecule has 26 heavy (non-hydrogen) atoms. The van der Waals surface area contributed by atoms with Gasteiger partial charge in [0.15, 0.2) is 5.69 Å². The van der Waals surface area contributed by atoms with Crippen molar-refractivity contribution in [3.63, 3.8) is 0 Å². The number of aromatic nitrogens is 2. The second-order valence-electron chi connectivity index (χ2n) is 6.78. The highest BCUT2D eigenvalue weighted by Gasteiger charge is 2.65. The van der Waals surface area contributed by atoms with Crippen LogP contribution in [-0.4, -0.2) is 26.8 Å². The van der Waals surface area contributed by atoms with Crippen molar-refractivity contribution >= 4 is 17.6 Å². The van der Waals surface area contributed by atoms with Crippen LogP contribution in [0.15, 0.2) is 30.5 Å². The largest absolute Gasteiger partial charge is 0.478 e. The van der Waals surface area contributed by atoms with Crippen LogP contribution in [0.3, 0.4) is 0 Å². The molecule has 1 amide bonds. The van der Waals surface area contributed by atoms with Gasteiger partial charge >= 0.3 is 12.1 Å². The number of carboxylic acid groups (broad SMARTS) is 1. The van der Waals surface area contributed by atoms with Gasteiger partial charge in [0, 0.05) is 11.6 Å². The monoisotopic (exact) mass is 365 g/mol. The number of hydrogen-bond acceptors (Lipinski definition) is 3. The molecule has 2 N–H and O–H groups in total. The third-order valence-corrected chi connectivity index (χ3v) is 5.05. The minimum Gasteiger partial charge on any atom is -0.478 e. The summed E-state index contributed by atoms with van der Waals surface area (Å²) in [5.41, 5.74) is -1.53. The van der Waals surface area contributed by atoms with E-state index >= 15 is 0 Å². The fourth-order valence-corrected chi connectivity index (χ4v) is 3.32. The summed E-state index contributed by atoms with van der Waals surface area (Å²) >= 11 is 0. The third-order valence-electron chi connectivity index (χ3n) is 5.05. The van der Waals surface area contributed by atoms with Crippen LogP contribution in [0.4, 0.5) is 18.9 Å². The number of carbonyl (C=O) groups excluding carboxylic acids is 1. The molecule has 0 saturated heterocycles. The second-order valence-corrected chi connectivity index (χ2v) is 6.78. The van der Waals surface area contributed by atoms with E-state index in [2.05, 4.69) is 10.4 Å². The van der Waals surface area contributed by atoms with E-state index in [1.165, 1.54) is 24.3 Å². The molecule has 2 saturated carbocycles. The van der Waals surface area contributed by atoms with Crippen molar-refractivity contribution in [2.24, 2.45) is 11.3 Å². The van der Waals surface area contributed by atoms with Gasteiger partial charge in [-0.1, -0.05) is 0 Å². The number of carboxylic acids is 1. The summed E-state index contributed by atoms with van der Waals surface area (Å²) in [5, 5.41) is 15.3. The van der Waals surface area contributed by atoms with E-state index < -0.39 is 23.4 Å². The maximum Gasteiger partial charge on any atom is 0.434 e. The Hall–Kier alpha value is -2.84. The molecule has 0 aliphatic heterocycles. The van der Waals surface area contributed by atoms with Gasteiger partial charge in [-0.05, 0) is 48.9 Å². The predicted octanol–water partition coefficient (Wildman–Crippen LogP) is 3.33. The topological polar surface area (TPSA) is 84.2 Å². The Morgan fingerprint density at radius 1 is 1.23 bits per heavy atom. The van der Waals surface area contributed by atoms with E-state index in [4.69, 9.17) is 5.11 Å². The van der Waals surface area contributed by atoms with Gasteiger partial charge in [0.1, 0.15) is 5.56 Å². The number of hydrogen-bond donors (Lipinski definition) is 2. The maximum absolute atomic E-state index is 13.2. The highest BCUT2D eigenvalue weighted by atomic mass is 19.4. The Labute approximate surface area is 145 Å². The van der Waals surface area contributed by atoms with Gasteiger partial charge in [-0.3, -0.25) is 4.79 Å². The summed E-state index contributed by atoms with van der Waals surface area (Å²) in [6, 6.07) is 5.64. The zero-order chi connectivity index (χ0) is 18.7. The quantitative estimate of drug-likeness (QED) is 0.871. The summed E-state index contributed by atoms with van der Waals surface area (Å²) in [6.07, 6.45) is -1.15. The van der Waals surface area contributed by atoms with E-state index in [0.717, 1.165) is 19.3 Å². The van der Waals surface area contributed by atoms with Gasteiger partial charge in [0.2, 0.25) is 5.91 Å². The molecule has 1 aromatic carbocycles. The lowest BCUT2D eigenvalue weighted by Crippen LogP contribution is -2.17. The minimum atomic E-state index is -4.87. The van der Waals surface area contributed by atoms with Crippen molar-refractivity contribution in [3.05, 3.63) is 41.7 Å². The lowest BCUT2D eigenvalue weighted by molar-refractivity contribution is -0.143. The number of nitrogens with one attached hydrogen (secondary N) is 1. The number of alkyl halides is 3. The number of halogens is 3. The van der Waals surface area contributed by atoms with Crippen LogP contribution in [0, 0.1) is 11.3 Å². The lowest BCUT2D eigenvalue weighted by Gasteiger charge is -2.12. The summed E-state index contributed by atoms with van der Waals surface area (Å²) in [6.45, 7) is 0. The van der Waals surface area contributed by atoms with Crippen LogP contribution in [0.25, 0.3) is 5.69 Å². The van der Waals surface area contributed by atoms with E-state index in [0.29, 0.717) is 16.6 Å². The van der Waals surface area contributed by atoms with Crippen molar-refractivity contribution < 1.29 is 27.9 Å². The van der Waals surface area contributed by atoms with Gasteiger partial charge in [0.25, 0.3) is 0 Å². The van der Waals surface area contributed by atoms with E-state index in [9.17, 15) is 22.8 Å². The molecular weight excluding hydrogens is 351 g/mol. The molecule has 1 atom stereocenters. The average molecular weight is 365 g/mol. The number of rotatable bonds is 4. The number of anilines is 1. The number of nitrogens with zero attached hydrogens (tertiary/aromatic N) is 2. The summed E-state index contributed by atoms with van der Waals surface area (Å²) in [7, 11) is 0. The maximum atomic E-state index is 13.2. The second kappa shape index (κ2) is 5.33. The van der Waals surface area contributed by atoms with Crippen LogP contribution in [0.5, 0.6) is 0 Å². The molecule has 6 nitrogen and oxygen atoms in total. The Balaban J connectivity index is 1.57. The van der Waals surface area contributed by atoms with Crippen molar-refractivity contribution in [1.82, 2.24) is 9.78 Å². The highest BCUT2D eigenvalue weighted by molar-refractivity contribution is 5.95. The van der Waals surface area contributed by atoms with Crippen molar-refractivity contribution in [3.8, 4) is 5.69 Å². The molecule has 1 aromatic heterocycles. The van der Waals surface area contributed by atoms with Gasteiger partial charge < -0.3 is 10.4 Å². The van der Waals surface area contributed by atoms with Crippen molar-refractivity contribution in [2.45, 2.75) is 25.4 Å². The first kappa shape index (κ1) is 16.6. The zero-order valence-electron chi connectivity index (χ0n) is 13.4. The number of benzene rings is 1. The first-order chi connectivity index (χ1) is 12.2. The Bertz CT molecular complexity index is 898. The zero-order valence-corrected chi connectivity index (χ0v) is 13.4. The van der Waals surface area contributed by atoms with Gasteiger partial charge in [0.05, 0.1) is 11.9 Å². The molecule has 2 aliphatic carbocycles. The Morgan fingerprint density at radius 3 is 2.38 bits per heavy atom. The van der Waals surface area contributed by atoms with Gasteiger partial charge in [-0.2, -0.15) is 18.3 Å². The lowest BCUT2D eigenvalue weighted by atomic mass is 10.2. The summed E-state index contributed by atoms with van der Waals surface area (Å²) < 4.78 is 40.2. The molecule has 4 rings (SSSR count). The first-order valence-corrected chi connectivity index (χ1v) is 8.01. The Morgan fingerprint density at radius 2 is 1.88 bits per heavy atom. The third kappa shape index (κ3) is 2.73. The van der Waals surface area contributed by atoms with E-state index in [1.54, 1.807) is 0 Å². The summed E-state index contributed by atoms with van der Waals surface area (Å²) in [4.78, 5) is 23.1. The van der Waals surface area contributed by atoms with Crippen LogP contribution < -0.4 is 5.32 Å². The van der Waals surface area contributed by atoms with Gasteiger partial charge in [-0.15, -0.1) is 0 Å². The SMILES string of the molecule is O=C(O)c1cnn(-c2ccc(NC(=O)C3CC34CC4)cc2)c1C(F)(F)F. The number of amides is 1. The van der Waals surface area contributed by atoms with Crippen molar-refractivity contribution in [2.75, 3.05) is 5.32 Å². The molecular formula is C17H14F3N3O3. The molecule has 2 fully saturated rings. The number of carbonyl (C=O) groups is 2. The molecule has 0 bridgehead atoms. The molecule has 1 unspecified atom stereocenters. The fourth-order valence-electron chi connectivity index (χ4n) is 3.32. The van der Waals surface area contributed by atoms with E-state index in [-0.39, 0.29) is 22.9 Å². The van der Waals surface area contributed by atoms with Crippen LogP contribution in [0.1, 0.15) is 35.3 Å². The normalized spacial score (nSPS) is 20.0. The minimum absolute atomic E-state index is 0.0308. The van der Waals surface area contributed by atoms with Crippen LogP contribution in [0.2, 0.25) is 0 Å². The Kier molecular flexibility index (Phi) is 3.40. The molecule has 2 aromatic rings. The first-order valence-electron chi connectivity index (χ1n) is 8.01. The molecule has 1 spiro atoms. The smallest absolute Gasteiger partial charge is 0.434 e. The van der Waals surface area contributed by atoms with Crippen LogP contribution in [-0.2, 0) is 11.0 Å². The number of aromatic carboxylic acids is 1. The van der Waals surface area contributed by atoms with Crippen LogP contribution >= 0.6 is 0 Å². The molecule has 1 heterocycles. The fraction of sp³-hybridized carbons (Fsp3) is 0.353.